The van der Waals surface area contributed by atoms with Gasteiger partial charge in [-0.2, -0.15) is 0 Å². The molecule has 142 valence electrons. The second-order valence-corrected chi connectivity index (χ2v) is 9.17. The number of fused-ring (bicyclic) bond motifs is 1. The first-order valence-corrected chi connectivity index (χ1v) is 11.2. The molecule has 8 heteroatoms. The van der Waals surface area contributed by atoms with Gasteiger partial charge in [0.2, 0.25) is 5.91 Å². The average molecular weight is 412 g/mol. The van der Waals surface area contributed by atoms with E-state index in [1.54, 1.807) is 29.6 Å². The summed E-state index contributed by atoms with van der Waals surface area (Å²) >= 11 is 1.21. The lowest BCUT2D eigenvalue weighted by molar-refractivity contribution is -0.113. The Kier molecular flexibility index (Phi) is 4.97. The Morgan fingerprint density at radius 2 is 1.82 bits per heavy atom. The zero-order chi connectivity index (χ0) is 19.6. The van der Waals surface area contributed by atoms with Gasteiger partial charge in [0.1, 0.15) is 17.0 Å². The Morgan fingerprint density at radius 3 is 2.61 bits per heavy atom. The number of para-hydroxylation sites is 1. The lowest BCUT2D eigenvalue weighted by Gasteiger charge is -2.04. The molecule has 0 saturated carbocycles. The van der Waals surface area contributed by atoms with Crippen LogP contribution in [0.2, 0.25) is 0 Å². The summed E-state index contributed by atoms with van der Waals surface area (Å²) < 4.78 is 30.2. The number of nitrogens with zero attached hydrogens (tertiary/aromatic N) is 1. The van der Waals surface area contributed by atoms with E-state index in [0.29, 0.717) is 22.1 Å². The normalized spacial score (nSPS) is 11.6. The average Bonchev–Trinajstić information content (AvgIpc) is 3.27. The topological polar surface area (TPSA) is 89.3 Å². The smallest absolute Gasteiger partial charge is 0.241 e. The molecule has 2 heterocycles. The summed E-state index contributed by atoms with van der Waals surface area (Å²) in [5.41, 5.74) is 1.99. The van der Waals surface area contributed by atoms with Gasteiger partial charge in [0, 0.05) is 10.8 Å². The highest BCUT2D eigenvalue weighted by molar-refractivity contribution is 7.91. The highest BCUT2D eigenvalue weighted by atomic mass is 32.2. The summed E-state index contributed by atoms with van der Waals surface area (Å²) in [4.78, 5) is 16.5. The van der Waals surface area contributed by atoms with Gasteiger partial charge in [-0.3, -0.25) is 4.79 Å². The zero-order valence-corrected chi connectivity index (χ0v) is 16.3. The zero-order valence-electron chi connectivity index (χ0n) is 14.7. The molecular weight excluding hydrogens is 396 g/mol. The number of hydrogen-bond donors (Lipinski definition) is 1. The predicted molar refractivity (Wildman–Crippen MR) is 110 cm³/mol. The highest BCUT2D eigenvalue weighted by Gasteiger charge is 2.19. The Morgan fingerprint density at radius 1 is 1.07 bits per heavy atom. The second kappa shape index (κ2) is 7.57. The first kappa shape index (κ1) is 18.4. The van der Waals surface area contributed by atoms with Gasteiger partial charge in [0.15, 0.2) is 20.7 Å². The van der Waals surface area contributed by atoms with Crippen molar-refractivity contribution in [3.63, 3.8) is 0 Å². The summed E-state index contributed by atoms with van der Waals surface area (Å²) in [6.45, 7) is 0. The van der Waals surface area contributed by atoms with Crippen molar-refractivity contribution in [3.8, 4) is 11.5 Å². The van der Waals surface area contributed by atoms with Crippen LogP contribution in [0.1, 0.15) is 5.56 Å². The van der Waals surface area contributed by atoms with Crippen molar-refractivity contribution in [1.82, 2.24) is 4.98 Å². The van der Waals surface area contributed by atoms with Crippen LogP contribution in [0.5, 0.6) is 0 Å². The number of sulfone groups is 1. The maximum absolute atomic E-state index is 12.2. The molecular formula is C20H16N2O4S2. The number of carbonyl (C=O) groups excluding carboxylic acids is 1. The molecule has 28 heavy (non-hydrogen) atoms. The number of carbonyl (C=O) groups is 1. The number of furan rings is 1. The van der Waals surface area contributed by atoms with Crippen LogP contribution < -0.4 is 5.32 Å². The van der Waals surface area contributed by atoms with E-state index in [1.807, 2.05) is 36.4 Å². The van der Waals surface area contributed by atoms with Crippen molar-refractivity contribution in [2.75, 3.05) is 11.1 Å². The fourth-order valence-corrected chi connectivity index (χ4v) is 4.78. The monoisotopic (exact) mass is 412 g/mol. The van der Waals surface area contributed by atoms with Gasteiger partial charge in [-0.1, -0.05) is 48.5 Å². The quantitative estimate of drug-likeness (QED) is 0.515. The van der Waals surface area contributed by atoms with E-state index in [2.05, 4.69) is 10.3 Å². The molecule has 0 atom stereocenters. The maximum atomic E-state index is 12.2. The van der Waals surface area contributed by atoms with Crippen molar-refractivity contribution >= 4 is 43.2 Å². The summed E-state index contributed by atoms with van der Waals surface area (Å²) in [6.07, 6.45) is 0. The Hall–Kier alpha value is -2.97. The third kappa shape index (κ3) is 4.29. The predicted octanol–water partition coefficient (Wildman–Crippen LogP) is 4.11. The molecule has 0 unspecified atom stereocenters. The van der Waals surface area contributed by atoms with Crippen LogP contribution in [-0.4, -0.2) is 25.1 Å². The van der Waals surface area contributed by atoms with Crippen molar-refractivity contribution in [3.05, 3.63) is 71.6 Å². The molecule has 1 amide bonds. The maximum Gasteiger partial charge on any atom is 0.241 e. The lowest BCUT2D eigenvalue weighted by atomic mass is 10.2. The molecule has 0 aliphatic heterocycles. The van der Waals surface area contributed by atoms with Gasteiger partial charge in [-0.05, 0) is 17.7 Å². The van der Waals surface area contributed by atoms with Crippen LogP contribution in [0.3, 0.4) is 0 Å². The van der Waals surface area contributed by atoms with Gasteiger partial charge in [-0.25, -0.2) is 13.4 Å². The molecule has 0 spiro atoms. The number of rotatable bonds is 6. The first-order chi connectivity index (χ1) is 13.5. The Bertz CT molecular complexity index is 1190. The summed E-state index contributed by atoms with van der Waals surface area (Å²) in [6, 6.07) is 18.3. The molecule has 0 saturated heterocycles. The fourth-order valence-electron chi connectivity index (χ4n) is 2.79. The van der Waals surface area contributed by atoms with Gasteiger partial charge in [-0.15, -0.1) is 11.3 Å². The number of amides is 1. The summed E-state index contributed by atoms with van der Waals surface area (Å²) in [7, 11) is -3.57. The fraction of sp³-hybridized carbons (Fsp3) is 0.100. The van der Waals surface area contributed by atoms with Crippen molar-refractivity contribution < 1.29 is 17.6 Å². The summed E-state index contributed by atoms with van der Waals surface area (Å²) in [5.74, 6) is -0.791. The molecule has 0 radical (unpaired) electrons. The van der Waals surface area contributed by atoms with Gasteiger partial charge in [0.05, 0.1) is 5.75 Å². The third-order valence-corrected chi connectivity index (χ3v) is 6.24. The van der Waals surface area contributed by atoms with E-state index in [-0.39, 0.29) is 5.75 Å². The van der Waals surface area contributed by atoms with E-state index in [4.69, 9.17) is 4.42 Å². The Labute approximate surface area is 165 Å². The van der Waals surface area contributed by atoms with Crippen LogP contribution in [0.15, 0.2) is 70.5 Å². The van der Waals surface area contributed by atoms with E-state index >= 15 is 0 Å². The number of benzene rings is 2. The molecule has 0 aliphatic carbocycles. The highest BCUT2D eigenvalue weighted by Crippen LogP contribution is 2.30. The van der Waals surface area contributed by atoms with Gasteiger partial charge >= 0.3 is 0 Å². The van der Waals surface area contributed by atoms with Crippen LogP contribution in [-0.2, 0) is 20.4 Å². The minimum Gasteiger partial charge on any atom is -0.454 e. The number of aromatic nitrogens is 1. The second-order valence-electron chi connectivity index (χ2n) is 6.25. The molecule has 0 bridgehead atoms. The Balaban J connectivity index is 1.42. The molecule has 4 rings (SSSR count). The third-order valence-electron chi connectivity index (χ3n) is 4.01. The molecule has 2 aromatic carbocycles. The number of hydrogen-bond acceptors (Lipinski definition) is 6. The van der Waals surface area contributed by atoms with E-state index < -0.39 is 21.5 Å². The largest absolute Gasteiger partial charge is 0.454 e. The molecule has 0 aliphatic rings. The van der Waals surface area contributed by atoms with E-state index in [9.17, 15) is 13.2 Å². The lowest BCUT2D eigenvalue weighted by Crippen LogP contribution is -2.23. The first-order valence-electron chi connectivity index (χ1n) is 8.47. The standard InChI is InChI=1S/C20H16N2O4S2/c23-19(13-28(24,25)12-14-6-2-1-3-7-14)22-20-21-16(11-27-20)18-10-15-8-4-5-9-17(15)26-18/h1-11H,12-13H2,(H,21,22,23). The minimum absolute atomic E-state index is 0.177. The minimum atomic E-state index is -3.57. The molecule has 0 fully saturated rings. The number of thiazole rings is 1. The van der Waals surface area contributed by atoms with Crippen LogP contribution in [0.25, 0.3) is 22.4 Å². The SMILES string of the molecule is O=C(CS(=O)(=O)Cc1ccccc1)Nc1nc(-c2cc3ccccc3o2)cs1. The van der Waals surface area contributed by atoms with Crippen molar-refractivity contribution in [2.24, 2.45) is 0 Å². The van der Waals surface area contributed by atoms with Crippen molar-refractivity contribution in [2.45, 2.75) is 5.75 Å². The van der Waals surface area contributed by atoms with Gasteiger partial charge < -0.3 is 9.73 Å². The van der Waals surface area contributed by atoms with Crippen LogP contribution in [0, 0.1) is 0 Å². The van der Waals surface area contributed by atoms with E-state index in [1.165, 1.54) is 11.3 Å². The van der Waals surface area contributed by atoms with Crippen LogP contribution in [0.4, 0.5) is 5.13 Å². The molecule has 2 aromatic heterocycles. The van der Waals surface area contributed by atoms with Crippen LogP contribution >= 0.6 is 11.3 Å². The van der Waals surface area contributed by atoms with Gasteiger partial charge in [0.25, 0.3) is 0 Å². The molecule has 1 N–H and O–H groups in total. The number of nitrogens with one attached hydrogen (secondary N) is 1. The molecule has 4 aromatic rings. The van der Waals surface area contributed by atoms with E-state index in [0.717, 1.165) is 11.0 Å². The summed E-state index contributed by atoms with van der Waals surface area (Å²) in [5, 5.41) is 5.60. The molecule has 6 nitrogen and oxygen atoms in total. The van der Waals surface area contributed by atoms with Crippen molar-refractivity contribution in [1.29, 1.82) is 0 Å². The number of anilines is 1.